The van der Waals surface area contributed by atoms with Crippen molar-refractivity contribution in [3.05, 3.63) is 113 Å². The predicted octanol–water partition coefficient (Wildman–Crippen LogP) is 5.17. The van der Waals surface area contributed by atoms with Crippen molar-refractivity contribution in [3.8, 4) is 17.2 Å². The molecule has 0 spiro atoms. The van der Waals surface area contributed by atoms with E-state index in [1.165, 1.54) is 11.1 Å². The maximum absolute atomic E-state index is 6.00. The zero-order chi connectivity index (χ0) is 24.0. The molecule has 0 saturated carbocycles. The maximum Gasteiger partial charge on any atom is 0.226 e. The molecular weight excluding hydrogens is 438 g/mol. The van der Waals surface area contributed by atoms with Crippen molar-refractivity contribution in [3.63, 3.8) is 0 Å². The zero-order valence-corrected chi connectivity index (χ0v) is 19.8. The molecule has 3 aromatic carbocycles. The molecule has 0 aliphatic carbocycles. The van der Waals surface area contributed by atoms with Gasteiger partial charge in [0.2, 0.25) is 5.89 Å². The molecule has 35 heavy (non-hydrogen) atoms. The van der Waals surface area contributed by atoms with Crippen LogP contribution < -0.4 is 4.74 Å². The lowest BCUT2D eigenvalue weighted by Gasteiger charge is -2.16. The Labute approximate surface area is 204 Å². The summed E-state index contributed by atoms with van der Waals surface area (Å²) in [4.78, 5) is 4.65. The van der Waals surface area contributed by atoms with Crippen LogP contribution in [0.1, 0.15) is 34.3 Å². The molecule has 0 fully saturated rings. The largest absolute Gasteiger partial charge is 0.493 e. The average molecular weight is 466 g/mol. The number of benzene rings is 3. The van der Waals surface area contributed by atoms with Crippen molar-refractivity contribution in [1.29, 1.82) is 0 Å². The van der Waals surface area contributed by atoms with Crippen molar-refractivity contribution in [1.82, 2.24) is 25.2 Å². The molecule has 5 rings (SSSR count). The summed E-state index contributed by atoms with van der Waals surface area (Å²) >= 11 is 0. The van der Waals surface area contributed by atoms with Crippen LogP contribution in [0.25, 0.3) is 11.5 Å². The van der Waals surface area contributed by atoms with Gasteiger partial charge < -0.3 is 9.15 Å². The van der Waals surface area contributed by atoms with E-state index in [0.29, 0.717) is 18.9 Å². The highest BCUT2D eigenvalue weighted by molar-refractivity contribution is 5.53. The Morgan fingerprint density at radius 1 is 0.914 bits per heavy atom. The van der Waals surface area contributed by atoms with Gasteiger partial charge in [-0.1, -0.05) is 60.7 Å². The van der Waals surface area contributed by atoms with Crippen LogP contribution in [0.3, 0.4) is 0 Å². The van der Waals surface area contributed by atoms with Crippen LogP contribution in [-0.2, 0) is 19.9 Å². The Morgan fingerprint density at radius 3 is 2.31 bits per heavy atom. The summed E-state index contributed by atoms with van der Waals surface area (Å²) < 4.78 is 13.6. The standard InChI is InChI=1S/C28H27N5O2/c1-20-26(29-28(35-20)23-11-7-4-8-12-23)17-18-34-24-15-13-21(14-16-24)19-25(22-9-5-3-6-10-22)27-30-31-32-33(27)2/h3-16,25H,17-19H2,1-2H3. The first-order valence-corrected chi connectivity index (χ1v) is 11.7. The zero-order valence-electron chi connectivity index (χ0n) is 19.8. The smallest absolute Gasteiger partial charge is 0.226 e. The molecule has 0 N–H and O–H groups in total. The van der Waals surface area contributed by atoms with Crippen LogP contribution in [0.15, 0.2) is 89.3 Å². The summed E-state index contributed by atoms with van der Waals surface area (Å²) in [6.07, 6.45) is 1.47. The monoisotopic (exact) mass is 465 g/mol. The first-order chi connectivity index (χ1) is 17.2. The first-order valence-electron chi connectivity index (χ1n) is 11.7. The number of hydrogen-bond donors (Lipinski definition) is 0. The normalized spacial score (nSPS) is 11.9. The van der Waals surface area contributed by atoms with Gasteiger partial charge in [0.25, 0.3) is 0 Å². The quantitative estimate of drug-likeness (QED) is 0.299. The topological polar surface area (TPSA) is 78.9 Å². The summed E-state index contributed by atoms with van der Waals surface area (Å²) in [6.45, 7) is 2.47. The molecule has 0 amide bonds. The molecule has 0 radical (unpaired) electrons. The lowest BCUT2D eigenvalue weighted by molar-refractivity contribution is 0.320. The molecule has 7 heteroatoms. The van der Waals surface area contributed by atoms with E-state index >= 15 is 0 Å². The highest BCUT2D eigenvalue weighted by Gasteiger charge is 2.20. The van der Waals surface area contributed by atoms with E-state index in [4.69, 9.17) is 9.15 Å². The van der Waals surface area contributed by atoms with Crippen LogP contribution >= 0.6 is 0 Å². The third kappa shape index (κ3) is 5.30. The molecular formula is C28H27N5O2. The van der Waals surface area contributed by atoms with E-state index < -0.39 is 0 Å². The fraction of sp³-hybridized carbons (Fsp3) is 0.214. The number of ether oxygens (including phenoxy) is 1. The van der Waals surface area contributed by atoms with Gasteiger partial charge in [-0.2, -0.15) is 0 Å². The third-order valence-electron chi connectivity index (χ3n) is 6.05. The van der Waals surface area contributed by atoms with Crippen molar-refractivity contribution in [2.45, 2.75) is 25.7 Å². The molecule has 2 aromatic heterocycles. The van der Waals surface area contributed by atoms with Gasteiger partial charge in [-0.25, -0.2) is 9.67 Å². The number of hydrogen-bond acceptors (Lipinski definition) is 6. The van der Waals surface area contributed by atoms with Gasteiger partial charge >= 0.3 is 0 Å². The molecule has 2 heterocycles. The van der Waals surface area contributed by atoms with Crippen molar-refractivity contribution in [2.75, 3.05) is 6.61 Å². The molecule has 0 bridgehead atoms. The highest BCUT2D eigenvalue weighted by atomic mass is 16.5. The van der Waals surface area contributed by atoms with E-state index in [-0.39, 0.29) is 5.92 Å². The van der Waals surface area contributed by atoms with E-state index in [1.54, 1.807) is 4.68 Å². The van der Waals surface area contributed by atoms with Gasteiger partial charge in [0.15, 0.2) is 5.82 Å². The Morgan fingerprint density at radius 2 is 1.63 bits per heavy atom. The molecule has 0 aliphatic rings. The average Bonchev–Trinajstić information content (AvgIpc) is 3.49. The summed E-state index contributed by atoms with van der Waals surface area (Å²) in [5.74, 6) is 3.21. The second-order valence-corrected chi connectivity index (χ2v) is 8.46. The SMILES string of the molecule is Cc1oc(-c2ccccc2)nc1CCOc1ccc(CC(c2ccccc2)c2nnnn2C)cc1. The summed E-state index contributed by atoms with van der Waals surface area (Å²) in [5, 5.41) is 12.1. The van der Waals surface area contributed by atoms with Crippen molar-refractivity contribution >= 4 is 0 Å². The lowest BCUT2D eigenvalue weighted by atomic mass is 9.91. The van der Waals surface area contributed by atoms with Crippen LogP contribution in [-0.4, -0.2) is 31.8 Å². The number of oxazole rings is 1. The Balaban J connectivity index is 1.22. The van der Waals surface area contributed by atoms with Crippen LogP contribution in [0.5, 0.6) is 5.75 Å². The van der Waals surface area contributed by atoms with E-state index in [9.17, 15) is 0 Å². The van der Waals surface area contributed by atoms with E-state index in [1.807, 2.05) is 74.6 Å². The van der Waals surface area contributed by atoms with Crippen molar-refractivity contribution < 1.29 is 9.15 Å². The predicted molar refractivity (Wildman–Crippen MR) is 133 cm³/mol. The van der Waals surface area contributed by atoms with Crippen molar-refractivity contribution in [2.24, 2.45) is 7.05 Å². The van der Waals surface area contributed by atoms with E-state index in [0.717, 1.165) is 35.0 Å². The van der Waals surface area contributed by atoms with Gasteiger partial charge in [-0.15, -0.1) is 5.10 Å². The third-order valence-corrected chi connectivity index (χ3v) is 6.05. The molecule has 0 aliphatic heterocycles. The Kier molecular flexibility index (Phi) is 6.66. The minimum absolute atomic E-state index is 0.0666. The number of aromatic nitrogens is 5. The second-order valence-electron chi connectivity index (χ2n) is 8.46. The van der Waals surface area contributed by atoms with Crippen LogP contribution in [0.2, 0.25) is 0 Å². The number of rotatable bonds is 9. The minimum atomic E-state index is 0.0666. The minimum Gasteiger partial charge on any atom is -0.493 e. The molecule has 5 aromatic rings. The van der Waals surface area contributed by atoms with Crippen LogP contribution in [0, 0.1) is 6.92 Å². The molecule has 1 atom stereocenters. The summed E-state index contributed by atoms with van der Waals surface area (Å²) in [7, 11) is 1.88. The second kappa shape index (κ2) is 10.3. The molecule has 7 nitrogen and oxygen atoms in total. The molecule has 1 unspecified atom stereocenters. The highest BCUT2D eigenvalue weighted by Crippen LogP contribution is 2.27. The van der Waals surface area contributed by atoms with Gasteiger partial charge in [0, 0.05) is 24.9 Å². The van der Waals surface area contributed by atoms with Gasteiger partial charge in [0.1, 0.15) is 11.5 Å². The fourth-order valence-corrected chi connectivity index (χ4v) is 4.16. The van der Waals surface area contributed by atoms with Gasteiger partial charge in [-0.05, 0) is 59.2 Å². The van der Waals surface area contributed by atoms with Gasteiger partial charge in [0.05, 0.1) is 12.3 Å². The molecule has 176 valence electrons. The van der Waals surface area contributed by atoms with Crippen LogP contribution in [0.4, 0.5) is 0 Å². The molecule has 0 saturated heterocycles. The summed E-state index contributed by atoms with van der Waals surface area (Å²) in [6, 6.07) is 28.5. The number of tetrazole rings is 1. The Hall–Kier alpha value is -4.26. The Bertz CT molecular complexity index is 1360. The first kappa shape index (κ1) is 22.5. The fourth-order valence-electron chi connectivity index (χ4n) is 4.16. The van der Waals surface area contributed by atoms with Gasteiger partial charge in [-0.3, -0.25) is 0 Å². The maximum atomic E-state index is 6.00. The lowest BCUT2D eigenvalue weighted by Crippen LogP contribution is -2.11. The van der Waals surface area contributed by atoms with E-state index in [2.05, 4.69) is 44.8 Å². The number of aryl methyl sites for hydroxylation is 2. The number of nitrogens with zero attached hydrogens (tertiary/aromatic N) is 5. The summed E-state index contributed by atoms with van der Waals surface area (Å²) in [5.41, 5.74) is 4.27.